The van der Waals surface area contributed by atoms with Gasteiger partial charge in [0.1, 0.15) is 18.4 Å². The van der Waals surface area contributed by atoms with Crippen molar-refractivity contribution in [3.63, 3.8) is 0 Å². The molecule has 2 amide bonds. The van der Waals surface area contributed by atoms with Crippen LogP contribution in [0, 0.1) is 23.2 Å². The zero-order valence-electron chi connectivity index (χ0n) is 17.4. The second kappa shape index (κ2) is 8.18. The number of nitrogens with zero attached hydrogens (tertiary/aromatic N) is 1. The number of hydrogen-bond donors (Lipinski definition) is 1. The molecule has 0 spiro atoms. The number of carbonyl (C=O) groups excluding carboxylic acids is 2. The molecule has 1 atom stereocenters. The number of halogens is 1. The van der Waals surface area contributed by atoms with Crippen LogP contribution < -0.4 is 10.1 Å². The van der Waals surface area contributed by atoms with E-state index in [2.05, 4.69) is 21.2 Å². The topological polar surface area (TPSA) is 58.6 Å². The molecule has 1 heterocycles. The first kappa shape index (κ1) is 20.3. The van der Waals surface area contributed by atoms with Gasteiger partial charge in [-0.1, -0.05) is 22.0 Å². The molecule has 1 N–H and O–H groups in total. The second-order valence-electron chi connectivity index (χ2n) is 9.95. The number of rotatable bonds is 6. The lowest BCUT2D eigenvalue weighted by molar-refractivity contribution is -0.160. The zero-order chi connectivity index (χ0) is 20.7. The van der Waals surface area contributed by atoms with E-state index in [0.29, 0.717) is 13.2 Å². The first-order valence-corrected chi connectivity index (χ1v) is 12.3. The summed E-state index contributed by atoms with van der Waals surface area (Å²) in [7, 11) is 0. The van der Waals surface area contributed by atoms with Crippen molar-refractivity contribution < 1.29 is 14.3 Å². The van der Waals surface area contributed by atoms with Gasteiger partial charge < -0.3 is 15.0 Å². The Kier molecular flexibility index (Phi) is 5.55. The first-order valence-electron chi connectivity index (χ1n) is 11.5. The van der Waals surface area contributed by atoms with Crippen LogP contribution in [0.4, 0.5) is 0 Å². The van der Waals surface area contributed by atoms with E-state index in [9.17, 15) is 9.59 Å². The van der Waals surface area contributed by atoms with Gasteiger partial charge in [-0.3, -0.25) is 9.59 Å². The van der Waals surface area contributed by atoms with Crippen molar-refractivity contribution in [3.8, 4) is 5.75 Å². The summed E-state index contributed by atoms with van der Waals surface area (Å²) in [6.07, 6.45) is 8.86. The van der Waals surface area contributed by atoms with Crippen LogP contribution >= 0.6 is 15.9 Å². The lowest BCUT2D eigenvalue weighted by Crippen LogP contribution is -2.57. The maximum absolute atomic E-state index is 13.7. The van der Waals surface area contributed by atoms with E-state index >= 15 is 0 Å². The number of likely N-dealkylation sites (tertiary alicyclic amines) is 1. The largest absolute Gasteiger partial charge is 0.492 e. The van der Waals surface area contributed by atoms with Gasteiger partial charge in [0.05, 0.1) is 12.0 Å². The summed E-state index contributed by atoms with van der Waals surface area (Å²) in [6, 6.07) is 7.37. The summed E-state index contributed by atoms with van der Waals surface area (Å²) in [4.78, 5) is 28.5. The molecule has 162 valence electrons. The van der Waals surface area contributed by atoms with Crippen LogP contribution in [0.3, 0.4) is 0 Å². The molecular weight excluding hydrogens is 444 g/mol. The third-order valence-corrected chi connectivity index (χ3v) is 8.27. The van der Waals surface area contributed by atoms with Gasteiger partial charge in [0.15, 0.2) is 0 Å². The Morgan fingerprint density at radius 3 is 2.50 bits per heavy atom. The Morgan fingerprint density at radius 2 is 1.83 bits per heavy atom. The predicted octanol–water partition coefficient (Wildman–Crippen LogP) is 4.15. The van der Waals surface area contributed by atoms with Crippen molar-refractivity contribution in [2.24, 2.45) is 23.2 Å². The molecule has 0 aromatic heterocycles. The highest BCUT2D eigenvalue weighted by atomic mass is 79.9. The number of nitrogens with one attached hydrogen (secondary N) is 1. The van der Waals surface area contributed by atoms with Gasteiger partial charge in [0.2, 0.25) is 11.8 Å². The molecule has 5 fully saturated rings. The number of ether oxygens (including phenoxy) is 1. The maximum atomic E-state index is 13.7. The fourth-order valence-electron chi connectivity index (χ4n) is 6.98. The van der Waals surface area contributed by atoms with E-state index in [0.717, 1.165) is 66.6 Å². The lowest BCUT2D eigenvalue weighted by Gasteiger charge is -2.56. The Hall–Kier alpha value is -1.56. The van der Waals surface area contributed by atoms with Gasteiger partial charge in [0, 0.05) is 11.0 Å². The molecule has 5 nitrogen and oxygen atoms in total. The monoisotopic (exact) mass is 474 g/mol. The quantitative estimate of drug-likeness (QED) is 0.629. The molecule has 0 radical (unpaired) electrons. The zero-order valence-corrected chi connectivity index (χ0v) is 19.0. The van der Waals surface area contributed by atoms with Gasteiger partial charge in [-0.15, -0.1) is 0 Å². The molecule has 1 aliphatic heterocycles. The summed E-state index contributed by atoms with van der Waals surface area (Å²) >= 11 is 3.43. The average molecular weight is 475 g/mol. The van der Waals surface area contributed by atoms with E-state index < -0.39 is 0 Å². The Morgan fingerprint density at radius 1 is 1.13 bits per heavy atom. The number of carbonyl (C=O) groups is 2. The lowest BCUT2D eigenvalue weighted by atomic mass is 9.49. The minimum Gasteiger partial charge on any atom is -0.492 e. The molecule has 5 aliphatic rings. The predicted molar refractivity (Wildman–Crippen MR) is 118 cm³/mol. The third-order valence-electron chi connectivity index (χ3n) is 7.77. The Labute approximate surface area is 187 Å². The van der Waals surface area contributed by atoms with Crippen LogP contribution in [0.5, 0.6) is 5.75 Å². The minimum atomic E-state index is -0.309. The molecule has 4 bridgehead atoms. The Balaban J connectivity index is 1.17. The molecule has 1 aromatic rings. The van der Waals surface area contributed by atoms with E-state index in [1.165, 1.54) is 19.3 Å². The van der Waals surface area contributed by atoms with Gasteiger partial charge in [-0.25, -0.2) is 0 Å². The first-order chi connectivity index (χ1) is 14.5. The van der Waals surface area contributed by atoms with E-state index in [4.69, 9.17) is 4.74 Å². The molecule has 1 unspecified atom stereocenters. The van der Waals surface area contributed by atoms with Crippen molar-refractivity contribution in [1.29, 1.82) is 0 Å². The van der Waals surface area contributed by atoms with Crippen LogP contribution in [0.25, 0.3) is 0 Å². The minimum absolute atomic E-state index is 0.0246. The fraction of sp³-hybridized carbons (Fsp3) is 0.667. The summed E-state index contributed by atoms with van der Waals surface area (Å²) in [5.41, 5.74) is -0.165. The molecule has 30 heavy (non-hydrogen) atoms. The third kappa shape index (κ3) is 3.88. The highest BCUT2D eigenvalue weighted by Gasteiger charge is 2.56. The van der Waals surface area contributed by atoms with Gasteiger partial charge in [-0.2, -0.15) is 0 Å². The van der Waals surface area contributed by atoms with Crippen molar-refractivity contribution in [3.05, 3.63) is 28.7 Å². The van der Waals surface area contributed by atoms with Crippen molar-refractivity contribution in [1.82, 2.24) is 10.2 Å². The van der Waals surface area contributed by atoms with Crippen molar-refractivity contribution in [2.75, 3.05) is 19.7 Å². The van der Waals surface area contributed by atoms with Crippen LogP contribution in [-0.2, 0) is 9.59 Å². The van der Waals surface area contributed by atoms with Crippen molar-refractivity contribution in [2.45, 2.75) is 57.4 Å². The molecule has 1 saturated heterocycles. The smallest absolute Gasteiger partial charge is 0.242 e. The Bertz CT molecular complexity index is 791. The molecular formula is C24H31BrN2O3. The summed E-state index contributed by atoms with van der Waals surface area (Å²) in [5.74, 6) is 3.26. The number of hydrogen-bond acceptors (Lipinski definition) is 3. The number of benzene rings is 1. The van der Waals surface area contributed by atoms with E-state index in [1.807, 2.05) is 29.2 Å². The van der Waals surface area contributed by atoms with Gasteiger partial charge in [0.25, 0.3) is 0 Å². The summed E-state index contributed by atoms with van der Waals surface area (Å²) in [6.45, 7) is 1.59. The van der Waals surface area contributed by atoms with Crippen LogP contribution in [0.2, 0.25) is 0 Å². The highest BCUT2D eigenvalue weighted by molar-refractivity contribution is 9.10. The SMILES string of the molecule is O=C(NCCOc1cccc(Br)c1)C1CCCN1C(=O)C12CC3CC(CC(C3)C1)C2. The highest BCUT2D eigenvalue weighted by Crippen LogP contribution is 2.60. The van der Waals surface area contributed by atoms with Gasteiger partial charge in [-0.05, 0) is 87.3 Å². The second-order valence-corrected chi connectivity index (χ2v) is 10.9. The van der Waals surface area contributed by atoms with Crippen LogP contribution in [-0.4, -0.2) is 42.5 Å². The molecule has 1 aromatic carbocycles. The summed E-state index contributed by atoms with van der Waals surface area (Å²) < 4.78 is 6.68. The fourth-order valence-corrected chi connectivity index (χ4v) is 7.36. The van der Waals surface area contributed by atoms with Crippen LogP contribution in [0.15, 0.2) is 28.7 Å². The molecule has 4 saturated carbocycles. The number of amides is 2. The maximum Gasteiger partial charge on any atom is 0.242 e. The summed E-state index contributed by atoms with van der Waals surface area (Å²) in [5, 5.41) is 3.00. The van der Waals surface area contributed by atoms with Crippen molar-refractivity contribution >= 4 is 27.7 Å². The van der Waals surface area contributed by atoms with E-state index in [1.54, 1.807) is 0 Å². The molecule has 6 rings (SSSR count). The molecule has 6 heteroatoms. The average Bonchev–Trinajstić information content (AvgIpc) is 3.19. The van der Waals surface area contributed by atoms with E-state index in [-0.39, 0.29) is 23.3 Å². The molecule has 4 aliphatic carbocycles. The standard InChI is InChI=1S/C24H31BrN2O3/c25-19-3-1-4-20(12-19)30-8-6-26-22(28)21-5-2-7-27(21)23(29)24-13-16-9-17(14-24)11-18(10-16)15-24/h1,3-4,12,16-18,21H,2,5-11,13-15H2,(H,26,28). The van der Waals surface area contributed by atoms with Gasteiger partial charge >= 0.3 is 0 Å². The normalized spacial score (nSPS) is 34.2. The van der Waals surface area contributed by atoms with Crippen LogP contribution in [0.1, 0.15) is 51.4 Å².